The first-order chi connectivity index (χ1) is 7.13. The second-order valence-electron chi connectivity index (χ2n) is 3.25. The summed E-state index contributed by atoms with van der Waals surface area (Å²) in [5.74, 6) is 0.0634. The fourth-order valence-electron chi connectivity index (χ4n) is 1.18. The minimum atomic E-state index is -0.507. The molecule has 4 heteroatoms. The van der Waals surface area contributed by atoms with Gasteiger partial charge in [0, 0.05) is 0 Å². The van der Waals surface area contributed by atoms with Crippen LogP contribution in [0.1, 0.15) is 25.0 Å². The number of carbonyl (C=O) groups is 1. The maximum atomic E-state index is 10.5. The van der Waals surface area contributed by atoms with Crippen LogP contribution in [0.25, 0.3) is 0 Å². The molecule has 0 heterocycles. The fraction of sp³-hybridized carbons (Fsp3) is 0.364. The van der Waals surface area contributed by atoms with Crippen LogP contribution in [0, 0.1) is 0 Å². The number of aliphatic hydroxyl groups excluding tert-OH is 1. The van der Waals surface area contributed by atoms with Gasteiger partial charge in [0.15, 0.2) is 6.61 Å². The van der Waals surface area contributed by atoms with E-state index in [1.54, 1.807) is 24.3 Å². The van der Waals surface area contributed by atoms with Crippen molar-refractivity contribution < 1.29 is 14.6 Å². The lowest BCUT2D eigenvalue weighted by Gasteiger charge is -2.09. The molecule has 0 fully saturated rings. The normalized spacial score (nSPS) is 12.1. The van der Waals surface area contributed by atoms with Crippen LogP contribution in [0.5, 0.6) is 5.75 Å². The van der Waals surface area contributed by atoms with E-state index in [4.69, 9.17) is 10.5 Å². The molecule has 1 aromatic carbocycles. The molecule has 0 aliphatic carbocycles. The second kappa shape index (κ2) is 5.36. The number of primary amides is 1. The second-order valence-corrected chi connectivity index (χ2v) is 3.25. The van der Waals surface area contributed by atoms with E-state index < -0.39 is 12.0 Å². The van der Waals surface area contributed by atoms with Crippen molar-refractivity contribution in [3.63, 3.8) is 0 Å². The van der Waals surface area contributed by atoms with E-state index in [9.17, 15) is 9.90 Å². The molecule has 0 saturated carbocycles. The minimum Gasteiger partial charge on any atom is -0.484 e. The number of nitrogens with two attached hydrogens (primary N) is 1. The first-order valence-corrected chi connectivity index (χ1v) is 4.82. The highest BCUT2D eigenvalue weighted by Crippen LogP contribution is 2.19. The predicted molar refractivity (Wildman–Crippen MR) is 56.4 cm³/mol. The lowest BCUT2D eigenvalue weighted by molar-refractivity contribution is -0.119. The number of rotatable bonds is 5. The summed E-state index contributed by atoms with van der Waals surface area (Å²) in [6.07, 6.45) is 0.219. The van der Waals surface area contributed by atoms with E-state index in [0.29, 0.717) is 12.2 Å². The summed E-state index contributed by atoms with van der Waals surface area (Å²) in [5.41, 5.74) is 5.77. The highest BCUT2D eigenvalue weighted by molar-refractivity contribution is 5.75. The van der Waals surface area contributed by atoms with Crippen LogP contribution in [0.2, 0.25) is 0 Å². The van der Waals surface area contributed by atoms with Gasteiger partial charge in [0.2, 0.25) is 0 Å². The van der Waals surface area contributed by atoms with Gasteiger partial charge in [-0.2, -0.15) is 0 Å². The Bertz CT molecular complexity index is 321. The van der Waals surface area contributed by atoms with Crippen molar-refractivity contribution in [2.75, 3.05) is 6.61 Å². The number of benzene rings is 1. The van der Waals surface area contributed by atoms with E-state index in [-0.39, 0.29) is 6.61 Å². The Kier molecular flexibility index (Phi) is 4.12. The van der Waals surface area contributed by atoms with E-state index in [0.717, 1.165) is 5.56 Å². The minimum absolute atomic E-state index is 0.129. The van der Waals surface area contributed by atoms with Gasteiger partial charge in [0.05, 0.1) is 6.10 Å². The standard InChI is InChI=1S/C11H15NO3/c1-2-10(13)8-3-5-9(6-4-8)15-7-11(12)14/h3-6,10,13H,2,7H2,1H3,(H2,12,14)/t10-/m0/s1. The monoisotopic (exact) mass is 209 g/mol. The van der Waals surface area contributed by atoms with Gasteiger partial charge < -0.3 is 15.6 Å². The predicted octanol–water partition coefficient (Wildman–Crippen LogP) is 0.994. The van der Waals surface area contributed by atoms with Crippen molar-refractivity contribution >= 4 is 5.91 Å². The van der Waals surface area contributed by atoms with Gasteiger partial charge >= 0.3 is 0 Å². The summed E-state index contributed by atoms with van der Waals surface area (Å²) in [7, 11) is 0. The van der Waals surface area contributed by atoms with Crippen molar-refractivity contribution in [1.29, 1.82) is 0 Å². The van der Waals surface area contributed by atoms with Crippen molar-refractivity contribution in [3.05, 3.63) is 29.8 Å². The molecule has 0 aliphatic rings. The van der Waals surface area contributed by atoms with Crippen LogP contribution in [0.15, 0.2) is 24.3 Å². The van der Waals surface area contributed by atoms with Gasteiger partial charge in [-0.1, -0.05) is 19.1 Å². The lowest BCUT2D eigenvalue weighted by Crippen LogP contribution is -2.19. The van der Waals surface area contributed by atoms with Crippen LogP contribution in [0.4, 0.5) is 0 Å². The van der Waals surface area contributed by atoms with Crippen molar-refractivity contribution in [2.24, 2.45) is 5.73 Å². The summed E-state index contributed by atoms with van der Waals surface area (Å²) in [5, 5.41) is 9.52. The first-order valence-electron chi connectivity index (χ1n) is 4.82. The van der Waals surface area contributed by atoms with Crippen LogP contribution < -0.4 is 10.5 Å². The zero-order chi connectivity index (χ0) is 11.3. The van der Waals surface area contributed by atoms with E-state index >= 15 is 0 Å². The van der Waals surface area contributed by atoms with Gasteiger partial charge in [-0.05, 0) is 24.1 Å². The molecule has 15 heavy (non-hydrogen) atoms. The van der Waals surface area contributed by atoms with Gasteiger partial charge in [0.25, 0.3) is 5.91 Å². The molecular weight excluding hydrogens is 194 g/mol. The molecule has 4 nitrogen and oxygen atoms in total. The largest absolute Gasteiger partial charge is 0.484 e. The van der Waals surface area contributed by atoms with Gasteiger partial charge in [-0.25, -0.2) is 0 Å². The molecule has 0 unspecified atom stereocenters. The number of amides is 1. The topological polar surface area (TPSA) is 72.6 Å². The van der Waals surface area contributed by atoms with Crippen LogP contribution in [0.3, 0.4) is 0 Å². The maximum absolute atomic E-state index is 10.5. The third kappa shape index (κ3) is 3.59. The fourth-order valence-corrected chi connectivity index (χ4v) is 1.18. The number of hydrogen-bond donors (Lipinski definition) is 2. The summed E-state index contributed by atoms with van der Waals surface area (Å²) >= 11 is 0. The molecule has 0 aromatic heterocycles. The third-order valence-corrected chi connectivity index (χ3v) is 2.03. The lowest BCUT2D eigenvalue weighted by atomic mass is 10.1. The summed E-state index contributed by atoms with van der Waals surface area (Å²) in [4.78, 5) is 10.5. The van der Waals surface area contributed by atoms with Crippen molar-refractivity contribution in [2.45, 2.75) is 19.4 Å². The first kappa shape index (κ1) is 11.5. The third-order valence-electron chi connectivity index (χ3n) is 2.03. The Balaban J connectivity index is 2.60. The number of ether oxygens (including phenoxy) is 1. The van der Waals surface area contributed by atoms with Gasteiger partial charge in [0.1, 0.15) is 5.75 Å². The number of carbonyl (C=O) groups excluding carboxylic acids is 1. The Hall–Kier alpha value is -1.55. The Morgan fingerprint density at radius 1 is 1.47 bits per heavy atom. The van der Waals surface area contributed by atoms with Gasteiger partial charge in [-0.15, -0.1) is 0 Å². The maximum Gasteiger partial charge on any atom is 0.255 e. The molecule has 1 aromatic rings. The molecule has 0 radical (unpaired) electrons. The Labute approximate surface area is 88.7 Å². The molecular formula is C11H15NO3. The van der Waals surface area contributed by atoms with Crippen LogP contribution in [-0.2, 0) is 4.79 Å². The quantitative estimate of drug-likeness (QED) is 0.759. The highest BCUT2D eigenvalue weighted by atomic mass is 16.5. The van der Waals surface area contributed by atoms with Gasteiger partial charge in [-0.3, -0.25) is 4.79 Å². The zero-order valence-corrected chi connectivity index (χ0v) is 8.64. The smallest absolute Gasteiger partial charge is 0.255 e. The molecule has 82 valence electrons. The summed E-state index contributed by atoms with van der Waals surface area (Å²) < 4.78 is 5.08. The Morgan fingerprint density at radius 2 is 2.07 bits per heavy atom. The molecule has 0 bridgehead atoms. The van der Waals surface area contributed by atoms with E-state index in [1.807, 2.05) is 6.92 Å². The molecule has 1 amide bonds. The average molecular weight is 209 g/mol. The van der Waals surface area contributed by atoms with Crippen LogP contribution >= 0.6 is 0 Å². The average Bonchev–Trinajstić information content (AvgIpc) is 2.26. The zero-order valence-electron chi connectivity index (χ0n) is 8.64. The number of aliphatic hydroxyl groups is 1. The Morgan fingerprint density at radius 3 is 2.53 bits per heavy atom. The highest BCUT2D eigenvalue weighted by Gasteiger charge is 2.04. The summed E-state index contributed by atoms with van der Waals surface area (Å²) in [6, 6.07) is 6.95. The van der Waals surface area contributed by atoms with Crippen molar-refractivity contribution in [1.82, 2.24) is 0 Å². The molecule has 0 spiro atoms. The van der Waals surface area contributed by atoms with E-state index in [2.05, 4.69) is 0 Å². The molecule has 0 aliphatic heterocycles. The van der Waals surface area contributed by atoms with Crippen molar-refractivity contribution in [3.8, 4) is 5.75 Å². The van der Waals surface area contributed by atoms with Crippen LogP contribution in [-0.4, -0.2) is 17.6 Å². The van der Waals surface area contributed by atoms with E-state index in [1.165, 1.54) is 0 Å². The number of hydrogen-bond acceptors (Lipinski definition) is 3. The molecule has 0 saturated heterocycles. The summed E-state index contributed by atoms with van der Waals surface area (Å²) in [6.45, 7) is 1.78. The SMILES string of the molecule is CC[C@H](O)c1ccc(OCC(N)=O)cc1. The molecule has 1 rings (SSSR count). The molecule has 3 N–H and O–H groups in total. The molecule has 1 atom stereocenters.